The molecule has 7 heteroatoms. The van der Waals surface area contributed by atoms with E-state index in [1.807, 2.05) is 4.98 Å². The Hall–Kier alpha value is -2.57. The van der Waals surface area contributed by atoms with Crippen LogP contribution < -0.4 is 16.1 Å². The predicted molar refractivity (Wildman–Crippen MR) is 60.6 cm³/mol. The van der Waals surface area contributed by atoms with E-state index in [4.69, 9.17) is 9.15 Å². The van der Waals surface area contributed by atoms with E-state index in [2.05, 4.69) is 4.74 Å². The first-order valence-corrected chi connectivity index (χ1v) is 4.97. The van der Waals surface area contributed by atoms with Gasteiger partial charge in [0, 0.05) is 6.07 Å². The van der Waals surface area contributed by atoms with Crippen LogP contribution in [-0.4, -0.2) is 24.7 Å². The predicted octanol–water partition coefficient (Wildman–Crippen LogP) is 0.0331. The lowest BCUT2D eigenvalue weighted by Gasteiger charge is -2.04. The fourth-order valence-electron chi connectivity index (χ4n) is 1.35. The molecule has 1 N–H and O–H groups in total. The molecule has 0 unspecified atom stereocenters. The number of esters is 1. The van der Waals surface area contributed by atoms with Crippen LogP contribution in [-0.2, 0) is 9.53 Å². The molecule has 0 spiro atoms. The summed E-state index contributed by atoms with van der Waals surface area (Å²) >= 11 is 0. The van der Waals surface area contributed by atoms with E-state index >= 15 is 0 Å². The van der Waals surface area contributed by atoms with Gasteiger partial charge in [-0.2, -0.15) is 0 Å². The molecule has 0 aliphatic rings. The van der Waals surface area contributed by atoms with Crippen molar-refractivity contribution >= 4 is 16.9 Å². The van der Waals surface area contributed by atoms with Crippen LogP contribution in [0.2, 0.25) is 0 Å². The third-order valence-corrected chi connectivity index (χ3v) is 2.20. The molecule has 0 amide bonds. The fraction of sp³-hybridized carbons (Fsp3) is 0.182. The van der Waals surface area contributed by atoms with Crippen molar-refractivity contribution in [2.75, 3.05) is 13.7 Å². The Balaban J connectivity index is 2.35. The van der Waals surface area contributed by atoms with Crippen LogP contribution in [0.4, 0.5) is 0 Å². The van der Waals surface area contributed by atoms with Crippen LogP contribution >= 0.6 is 0 Å². The lowest BCUT2D eigenvalue weighted by Crippen LogP contribution is -2.18. The highest BCUT2D eigenvalue weighted by atomic mass is 16.6. The van der Waals surface area contributed by atoms with Crippen molar-refractivity contribution in [1.82, 2.24) is 4.98 Å². The number of hydrogen-bond donors (Lipinski definition) is 1. The topological polar surface area (TPSA) is 98.6 Å². The normalized spacial score (nSPS) is 10.3. The molecule has 94 valence electrons. The number of ether oxygens (including phenoxy) is 2. The van der Waals surface area contributed by atoms with Crippen LogP contribution in [0.25, 0.3) is 11.0 Å². The largest absolute Gasteiger partial charge is 0.482 e. The van der Waals surface area contributed by atoms with Gasteiger partial charge in [0.2, 0.25) is 0 Å². The summed E-state index contributed by atoms with van der Waals surface area (Å²) in [7, 11) is 1.24. The molecule has 0 saturated heterocycles. The first kappa shape index (κ1) is 11.9. The molecule has 0 fully saturated rings. The number of H-pyrrole nitrogens is 1. The summed E-state index contributed by atoms with van der Waals surface area (Å²) in [6, 6.07) is 4.28. The molecule has 1 heterocycles. The summed E-state index contributed by atoms with van der Waals surface area (Å²) in [4.78, 5) is 35.3. The van der Waals surface area contributed by atoms with Crippen LogP contribution in [0, 0.1) is 0 Å². The fourth-order valence-corrected chi connectivity index (χ4v) is 1.35. The Morgan fingerprint density at radius 1 is 1.39 bits per heavy atom. The second-order valence-corrected chi connectivity index (χ2v) is 3.37. The molecule has 0 aliphatic heterocycles. The van der Waals surface area contributed by atoms with E-state index < -0.39 is 17.3 Å². The monoisotopic (exact) mass is 251 g/mol. The number of methoxy groups -OCH3 is 1. The van der Waals surface area contributed by atoms with Gasteiger partial charge in [-0.3, -0.25) is 9.78 Å². The zero-order chi connectivity index (χ0) is 13.1. The van der Waals surface area contributed by atoms with Crippen molar-refractivity contribution in [1.29, 1.82) is 0 Å². The Labute approximate surface area is 99.9 Å². The third-order valence-electron chi connectivity index (χ3n) is 2.20. The Morgan fingerprint density at radius 2 is 2.17 bits per heavy atom. The van der Waals surface area contributed by atoms with Crippen molar-refractivity contribution in [2.45, 2.75) is 0 Å². The second-order valence-electron chi connectivity index (χ2n) is 3.37. The molecule has 2 aromatic rings. The first-order valence-electron chi connectivity index (χ1n) is 4.97. The number of aromatic amines is 1. The second kappa shape index (κ2) is 4.74. The van der Waals surface area contributed by atoms with E-state index in [1.54, 1.807) is 0 Å². The molecule has 18 heavy (non-hydrogen) atoms. The van der Waals surface area contributed by atoms with Crippen molar-refractivity contribution < 1.29 is 18.7 Å². The van der Waals surface area contributed by atoms with Gasteiger partial charge in [0.05, 0.1) is 12.5 Å². The molecule has 1 aromatic heterocycles. The zero-order valence-corrected chi connectivity index (χ0v) is 9.39. The molecule has 2 rings (SSSR count). The summed E-state index contributed by atoms with van der Waals surface area (Å²) in [5.74, 6) is -1.10. The average molecular weight is 251 g/mol. The number of carbonyl (C=O) groups excluding carboxylic acids is 1. The van der Waals surface area contributed by atoms with Crippen LogP contribution in [0.3, 0.4) is 0 Å². The molecule has 1 aromatic carbocycles. The smallest absolute Gasteiger partial charge is 0.419 e. The summed E-state index contributed by atoms with van der Waals surface area (Å²) < 4.78 is 14.3. The molecule has 0 aliphatic carbocycles. The van der Waals surface area contributed by atoms with Crippen molar-refractivity contribution in [3.8, 4) is 5.75 Å². The van der Waals surface area contributed by atoms with Crippen LogP contribution in [0.1, 0.15) is 0 Å². The molecule has 7 nitrogen and oxygen atoms in total. The van der Waals surface area contributed by atoms with E-state index in [9.17, 15) is 14.4 Å². The van der Waals surface area contributed by atoms with Gasteiger partial charge in [-0.1, -0.05) is 0 Å². The molecule has 0 atom stereocenters. The highest BCUT2D eigenvalue weighted by Crippen LogP contribution is 2.16. The number of benzene rings is 1. The number of rotatable bonds is 3. The maximum Gasteiger partial charge on any atom is 0.419 e. The van der Waals surface area contributed by atoms with Crippen LogP contribution in [0.5, 0.6) is 5.75 Å². The molecular formula is C11H9NO6. The molecular weight excluding hydrogens is 242 g/mol. The Kier molecular flexibility index (Phi) is 3.13. The molecule has 0 saturated carbocycles. The lowest BCUT2D eigenvalue weighted by atomic mass is 10.2. The van der Waals surface area contributed by atoms with Gasteiger partial charge in [0.25, 0.3) is 5.56 Å². The van der Waals surface area contributed by atoms with Gasteiger partial charge in [0.15, 0.2) is 6.61 Å². The van der Waals surface area contributed by atoms with Gasteiger partial charge < -0.3 is 13.9 Å². The molecule has 0 radical (unpaired) electrons. The van der Waals surface area contributed by atoms with E-state index in [0.29, 0.717) is 5.75 Å². The first-order chi connectivity index (χ1) is 8.60. The van der Waals surface area contributed by atoms with E-state index in [0.717, 1.165) is 0 Å². The number of carbonyl (C=O) groups is 1. The zero-order valence-electron chi connectivity index (χ0n) is 9.39. The number of aromatic nitrogens is 1. The maximum absolute atomic E-state index is 11.4. The minimum absolute atomic E-state index is 0.0890. The average Bonchev–Trinajstić information content (AvgIpc) is 2.35. The van der Waals surface area contributed by atoms with Gasteiger partial charge >= 0.3 is 11.7 Å². The number of fused-ring (bicyclic) bond motifs is 1. The minimum atomic E-state index is -0.849. The highest BCUT2D eigenvalue weighted by Gasteiger charge is 2.06. The Morgan fingerprint density at radius 3 is 2.89 bits per heavy atom. The van der Waals surface area contributed by atoms with E-state index in [-0.39, 0.29) is 17.6 Å². The van der Waals surface area contributed by atoms with Gasteiger partial charge in [-0.15, -0.1) is 0 Å². The summed E-state index contributed by atoms with van der Waals surface area (Å²) in [6.45, 7) is -0.268. The number of nitrogens with one attached hydrogen (secondary N) is 1. The highest BCUT2D eigenvalue weighted by molar-refractivity contribution is 5.77. The van der Waals surface area contributed by atoms with Crippen molar-refractivity contribution in [3.05, 3.63) is 39.1 Å². The quantitative estimate of drug-likeness (QED) is 0.773. The lowest BCUT2D eigenvalue weighted by molar-refractivity contribution is -0.142. The minimum Gasteiger partial charge on any atom is -0.482 e. The summed E-state index contributed by atoms with van der Waals surface area (Å²) in [6.07, 6.45) is 0. The van der Waals surface area contributed by atoms with Crippen molar-refractivity contribution in [2.24, 2.45) is 0 Å². The molecule has 0 bridgehead atoms. The standard InChI is InChI=1S/C11H9NO6/c1-16-9(13)5-17-6-2-3-7-8(4-6)18-11(15)12-10(7)14/h2-4H,5H2,1H3,(H,12,14,15). The summed E-state index contributed by atoms with van der Waals surface area (Å²) in [5, 5.41) is 0.222. The number of hydrogen-bond acceptors (Lipinski definition) is 6. The maximum atomic E-state index is 11.4. The van der Waals surface area contributed by atoms with Gasteiger partial charge in [-0.25, -0.2) is 9.59 Å². The van der Waals surface area contributed by atoms with Crippen molar-refractivity contribution in [3.63, 3.8) is 0 Å². The third kappa shape index (κ3) is 2.40. The summed E-state index contributed by atoms with van der Waals surface area (Å²) in [5.41, 5.74) is -0.452. The Bertz CT molecular complexity index is 698. The SMILES string of the molecule is COC(=O)COc1ccc2c(=O)[nH]c(=O)oc2c1. The van der Waals surface area contributed by atoms with E-state index in [1.165, 1.54) is 25.3 Å². The van der Waals surface area contributed by atoms with Crippen LogP contribution in [0.15, 0.2) is 32.2 Å². The van der Waals surface area contributed by atoms with Gasteiger partial charge in [-0.05, 0) is 12.1 Å². The van der Waals surface area contributed by atoms with Gasteiger partial charge in [0.1, 0.15) is 11.3 Å².